The van der Waals surface area contributed by atoms with E-state index in [0.717, 1.165) is 33.3 Å². The number of hydrogen-bond donors (Lipinski definition) is 0. The van der Waals surface area contributed by atoms with Crippen LogP contribution in [-0.4, -0.2) is 34.5 Å². The van der Waals surface area contributed by atoms with E-state index in [1.54, 1.807) is 37.3 Å². The summed E-state index contributed by atoms with van der Waals surface area (Å²) in [4.78, 5) is 18.1. The van der Waals surface area contributed by atoms with Gasteiger partial charge in [-0.1, -0.05) is 0 Å². The first-order valence-electron chi connectivity index (χ1n) is 8.25. The van der Waals surface area contributed by atoms with Crippen LogP contribution in [0.1, 0.15) is 22.4 Å². The van der Waals surface area contributed by atoms with Gasteiger partial charge in [-0.15, -0.1) is 0 Å². The molecule has 0 aliphatic rings. The Kier molecular flexibility index (Phi) is 4.57. The molecule has 0 radical (unpaired) electrons. The van der Waals surface area contributed by atoms with Crippen LogP contribution in [-0.2, 0) is 17.8 Å². The van der Waals surface area contributed by atoms with Crippen molar-refractivity contribution in [2.45, 2.75) is 26.8 Å². The summed E-state index contributed by atoms with van der Waals surface area (Å²) in [6, 6.07) is 7.04. The number of pyridine rings is 1. The fraction of sp³-hybridized carbons (Fsp3) is 0.300. The summed E-state index contributed by atoms with van der Waals surface area (Å²) in [5, 5.41) is 1.03. The first-order chi connectivity index (χ1) is 11.9. The Hall–Kier alpha value is -2.69. The Bertz CT molecular complexity index is 920. The van der Waals surface area contributed by atoms with E-state index in [0.29, 0.717) is 13.0 Å². The zero-order valence-electron chi connectivity index (χ0n) is 15.0. The van der Waals surface area contributed by atoms with Crippen LogP contribution >= 0.6 is 0 Å². The van der Waals surface area contributed by atoms with Gasteiger partial charge >= 0.3 is 0 Å². The van der Waals surface area contributed by atoms with E-state index < -0.39 is 0 Å². The Morgan fingerprint density at radius 1 is 1.20 bits per heavy atom. The van der Waals surface area contributed by atoms with E-state index in [1.165, 1.54) is 0 Å². The van der Waals surface area contributed by atoms with Crippen molar-refractivity contribution >= 4 is 16.8 Å². The van der Waals surface area contributed by atoms with Crippen LogP contribution in [0.3, 0.4) is 0 Å². The maximum Gasteiger partial charge on any atom is 0.241 e. The molecule has 0 spiro atoms. The molecule has 1 amide bonds. The minimum atomic E-state index is -0.210. The van der Waals surface area contributed by atoms with Gasteiger partial charge in [0.05, 0.1) is 11.2 Å². The molecule has 0 bridgehead atoms. The lowest BCUT2D eigenvalue weighted by Crippen LogP contribution is -2.25. The topological polar surface area (TPSA) is 38.1 Å². The van der Waals surface area contributed by atoms with Gasteiger partial charge in [0, 0.05) is 38.3 Å². The van der Waals surface area contributed by atoms with Crippen molar-refractivity contribution < 1.29 is 9.18 Å². The molecule has 0 unspecified atom stereocenters. The summed E-state index contributed by atoms with van der Waals surface area (Å²) in [5.41, 5.74) is 4.87. The van der Waals surface area contributed by atoms with Gasteiger partial charge in [0.2, 0.25) is 5.91 Å². The molecular weight excluding hydrogens is 317 g/mol. The van der Waals surface area contributed by atoms with E-state index >= 15 is 0 Å². The van der Waals surface area contributed by atoms with Gasteiger partial charge in [-0.3, -0.25) is 9.78 Å². The maximum atomic E-state index is 13.5. The van der Waals surface area contributed by atoms with Crippen LogP contribution in [0.5, 0.6) is 0 Å². The zero-order valence-corrected chi connectivity index (χ0v) is 15.0. The summed E-state index contributed by atoms with van der Waals surface area (Å²) >= 11 is 0. The third kappa shape index (κ3) is 3.40. The number of amides is 1. The molecule has 25 heavy (non-hydrogen) atoms. The average Bonchev–Trinajstić information content (AvgIpc) is 2.94. The fourth-order valence-corrected chi connectivity index (χ4v) is 3.13. The lowest BCUT2D eigenvalue weighted by atomic mass is 9.97. The van der Waals surface area contributed by atoms with Gasteiger partial charge in [-0.2, -0.15) is 0 Å². The van der Waals surface area contributed by atoms with Crippen LogP contribution in [0, 0.1) is 19.7 Å². The van der Waals surface area contributed by atoms with E-state index in [2.05, 4.69) is 4.98 Å². The number of aryl methyl sites for hydroxylation is 2. The predicted molar refractivity (Wildman–Crippen MR) is 97.1 cm³/mol. The van der Waals surface area contributed by atoms with E-state index in [-0.39, 0.29) is 11.7 Å². The van der Waals surface area contributed by atoms with Gasteiger partial charge in [0.15, 0.2) is 0 Å². The van der Waals surface area contributed by atoms with Crippen molar-refractivity contribution in [3.63, 3.8) is 0 Å². The highest BCUT2D eigenvalue weighted by molar-refractivity contribution is 5.85. The highest BCUT2D eigenvalue weighted by Gasteiger charge is 2.13. The molecule has 0 fully saturated rings. The summed E-state index contributed by atoms with van der Waals surface area (Å²) in [7, 11) is 3.50. The van der Waals surface area contributed by atoms with Crippen LogP contribution in [0.2, 0.25) is 0 Å². The van der Waals surface area contributed by atoms with Crippen LogP contribution in [0.15, 0.2) is 36.7 Å². The predicted octanol–water partition coefficient (Wildman–Crippen LogP) is 3.47. The molecule has 3 rings (SSSR count). The second kappa shape index (κ2) is 6.67. The number of halogens is 1. The van der Waals surface area contributed by atoms with Gasteiger partial charge in [0.1, 0.15) is 12.4 Å². The monoisotopic (exact) mass is 339 g/mol. The van der Waals surface area contributed by atoms with Crippen LogP contribution in [0.4, 0.5) is 4.39 Å². The number of rotatable bonds is 4. The lowest BCUT2D eigenvalue weighted by Gasteiger charge is -2.13. The zero-order chi connectivity index (χ0) is 18.1. The van der Waals surface area contributed by atoms with Crippen molar-refractivity contribution in [2.24, 2.45) is 0 Å². The van der Waals surface area contributed by atoms with Gasteiger partial charge in [0.25, 0.3) is 0 Å². The number of benzene rings is 1. The molecule has 0 atom stereocenters. The van der Waals surface area contributed by atoms with Gasteiger partial charge in [-0.05, 0) is 54.8 Å². The maximum absolute atomic E-state index is 13.5. The first kappa shape index (κ1) is 17.1. The number of carbonyl (C=O) groups excluding carboxylic acids is 1. The molecule has 0 aliphatic heterocycles. The second-order valence-corrected chi connectivity index (χ2v) is 6.62. The minimum Gasteiger partial charge on any atom is -0.347 e. The van der Waals surface area contributed by atoms with Crippen molar-refractivity contribution in [3.8, 4) is 0 Å². The molecule has 4 nitrogen and oxygen atoms in total. The molecule has 0 aliphatic carbocycles. The third-order valence-corrected chi connectivity index (χ3v) is 4.59. The van der Waals surface area contributed by atoms with E-state index in [1.807, 2.05) is 36.7 Å². The van der Waals surface area contributed by atoms with E-state index in [4.69, 9.17) is 0 Å². The number of nitrogens with zero attached hydrogens (tertiary/aromatic N) is 3. The summed E-state index contributed by atoms with van der Waals surface area (Å²) in [6.07, 6.45) is 4.32. The number of fused-ring (bicyclic) bond motifs is 1. The molecule has 2 heterocycles. The highest BCUT2D eigenvalue weighted by Crippen LogP contribution is 2.24. The largest absolute Gasteiger partial charge is 0.347 e. The number of aromatic nitrogens is 2. The summed E-state index contributed by atoms with van der Waals surface area (Å²) < 4.78 is 15.5. The minimum absolute atomic E-state index is 0.0427. The second-order valence-electron chi connectivity index (χ2n) is 6.62. The molecule has 130 valence electrons. The van der Waals surface area contributed by atoms with Gasteiger partial charge < -0.3 is 9.47 Å². The number of hydrogen-bond acceptors (Lipinski definition) is 2. The average molecular weight is 339 g/mol. The van der Waals surface area contributed by atoms with Crippen molar-refractivity contribution in [2.75, 3.05) is 14.1 Å². The smallest absolute Gasteiger partial charge is 0.241 e. The van der Waals surface area contributed by atoms with Crippen LogP contribution < -0.4 is 0 Å². The Morgan fingerprint density at radius 2 is 1.88 bits per heavy atom. The Labute approximate surface area is 146 Å². The highest BCUT2D eigenvalue weighted by atomic mass is 19.1. The molecule has 5 heteroatoms. The van der Waals surface area contributed by atoms with Gasteiger partial charge in [-0.25, -0.2) is 4.39 Å². The summed E-state index contributed by atoms with van der Waals surface area (Å²) in [6.45, 7) is 4.15. The molecule has 3 aromatic rings. The van der Waals surface area contributed by atoms with Crippen molar-refractivity contribution in [1.29, 1.82) is 0 Å². The van der Waals surface area contributed by atoms with Crippen LogP contribution in [0.25, 0.3) is 10.9 Å². The summed E-state index contributed by atoms with van der Waals surface area (Å²) in [5.74, 6) is -0.167. The third-order valence-electron chi connectivity index (χ3n) is 4.59. The van der Waals surface area contributed by atoms with E-state index in [9.17, 15) is 9.18 Å². The molecular formula is C20H22FN3O. The molecule has 0 saturated carbocycles. The SMILES string of the molecule is Cc1cc(F)cc(C)c1Cc1nccc2c1ccn2CC(=O)N(C)C. The molecule has 0 saturated heterocycles. The molecule has 0 N–H and O–H groups in total. The number of carbonyl (C=O) groups is 1. The van der Waals surface area contributed by atoms with Crippen molar-refractivity contribution in [1.82, 2.24) is 14.5 Å². The Balaban J connectivity index is 1.99. The molecule has 2 aromatic heterocycles. The fourth-order valence-electron chi connectivity index (χ4n) is 3.13. The quantitative estimate of drug-likeness (QED) is 0.730. The van der Waals surface area contributed by atoms with Crippen molar-refractivity contribution in [3.05, 3.63) is 64.9 Å². The number of likely N-dealkylation sites (N-methyl/N-ethyl adjacent to an activating group) is 1. The molecule has 1 aromatic carbocycles. The normalized spacial score (nSPS) is 11.1. The lowest BCUT2D eigenvalue weighted by molar-refractivity contribution is -0.129. The first-order valence-corrected chi connectivity index (χ1v) is 8.25. The Morgan fingerprint density at radius 3 is 2.52 bits per heavy atom. The standard InChI is InChI=1S/C20H22FN3O/c1-13-9-15(21)10-14(2)17(13)11-18-16-6-8-24(12-20(25)23(3)4)19(16)5-7-22-18/h5-10H,11-12H2,1-4H3.